The predicted octanol–water partition coefficient (Wildman–Crippen LogP) is 2.66. The average molecular weight is 267 g/mol. The van der Waals surface area contributed by atoms with Gasteiger partial charge in [0.2, 0.25) is 0 Å². The van der Waals surface area contributed by atoms with E-state index >= 15 is 0 Å². The van der Waals surface area contributed by atoms with Gasteiger partial charge in [-0.2, -0.15) is 22.7 Å². The van der Waals surface area contributed by atoms with Crippen molar-refractivity contribution in [2.24, 2.45) is 0 Å². The van der Waals surface area contributed by atoms with E-state index in [4.69, 9.17) is 0 Å². The highest BCUT2D eigenvalue weighted by molar-refractivity contribution is 7.08. The molecule has 3 nitrogen and oxygen atoms in total. The molecule has 2 aromatic heterocycles. The number of hydrogen-bond acceptors (Lipinski definition) is 4. The van der Waals surface area contributed by atoms with Crippen LogP contribution >= 0.6 is 22.7 Å². The largest absolute Gasteiger partial charge is 0.388 e. The van der Waals surface area contributed by atoms with Crippen LogP contribution in [0.15, 0.2) is 33.7 Å². The number of amides is 1. The Balaban J connectivity index is 1.75. The molecule has 0 aromatic carbocycles. The summed E-state index contributed by atoms with van der Waals surface area (Å²) in [6.45, 7) is 0.478. The molecule has 0 saturated carbocycles. The van der Waals surface area contributed by atoms with Crippen LogP contribution in [0.2, 0.25) is 0 Å². The first kappa shape index (κ1) is 12.3. The van der Waals surface area contributed by atoms with Gasteiger partial charge in [0, 0.05) is 17.5 Å². The number of nitrogens with one attached hydrogen (secondary N) is 1. The van der Waals surface area contributed by atoms with Gasteiger partial charge in [-0.1, -0.05) is 0 Å². The van der Waals surface area contributed by atoms with Crippen LogP contribution in [0.1, 0.15) is 28.4 Å². The SMILES string of the molecule is O=C(NCC[C@@H](O)c1ccsc1)c1ccsc1. The zero-order valence-electron chi connectivity index (χ0n) is 9.13. The lowest BCUT2D eigenvalue weighted by atomic mass is 10.1. The Labute approximate surface area is 108 Å². The smallest absolute Gasteiger partial charge is 0.252 e. The molecule has 5 heteroatoms. The van der Waals surface area contributed by atoms with Crippen molar-refractivity contribution in [3.8, 4) is 0 Å². The molecular formula is C12H13NO2S2. The summed E-state index contributed by atoms with van der Waals surface area (Å²) < 4.78 is 0. The van der Waals surface area contributed by atoms with E-state index in [1.54, 1.807) is 17.4 Å². The monoisotopic (exact) mass is 267 g/mol. The highest BCUT2D eigenvalue weighted by atomic mass is 32.1. The van der Waals surface area contributed by atoms with Crippen LogP contribution in [0.25, 0.3) is 0 Å². The Kier molecular flexibility index (Phi) is 4.30. The fourth-order valence-electron chi connectivity index (χ4n) is 1.45. The second-order valence-electron chi connectivity index (χ2n) is 3.63. The molecule has 1 atom stereocenters. The lowest BCUT2D eigenvalue weighted by Crippen LogP contribution is -2.25. The minimum atomic E-state index is -0.496. The Hall–Kier alpha value is -1.17. The normalized spacial score (nSPS) is 12.3. The van der Waals surface area contributed by atoms with E-state index in [2.05, 4.69) is 5.32 Å². The topological polar surface area (TPSA) is 49.3 Å². The van der Waals surface area contributed by atoms with Crippen LogP contribution in [0.5, 0.6) is 0 Å². The molecule has 2 heterocycles. The molecule has 90 valence electrons. The first-order valence-electron chi connectivity index (χ1n) is 5.28. The summed E-state index contributed by atoms with van der Waals surface area (Å²) in [5.74, 6) is -0.0798. The van der Waals surface area contributed by atoms with Gasteiger partial charge in [0.15, 0.2) is 0 Å². The van der Waals surface area contributed by atoms with E-state index in [0.29, 0.717) is 18.5 Å². The maximum Gasteiger partial charge on any atom is 0.252 e. The third-order valence-electron chi connectivity index (χ3n) is 2.41. The molecule has 0 spiro atoms. The Morgan fingerprint density at radius 1 is 1.29 bits per heavy atom. The molecule has 0 aliphatic rings. The maximum atomic E-state index is 11.6. The van der Waals surface area contributed by atoms with E-state index in [0.717, 1.165) is 5.56 Å². The lowest BCUT2D eigenvalue weighted by molar-refractivity contribution is 0.0943. The van der Waals surface area contributed by atoms with Crippen molar-refractivity contribution in [1.82, 2.24) is 5.32 Å². The van der Waals surface area contributed by atoms with Gasteiger partial charge in [0.25, 0.3) is 5.91 Å². The fourth-order valence-corrected chi connectivity index (χ4v) is 2.79. The Morgan fingerprint density at radius 3 is 2.71 bits per heavy atom. The van der Waals surface area contributed by atoms with Crippen molar-refractivity contribution in [3.63, 3.8) is 0 Å². The van der Waals surface area contributed by atoms with Crippen LogP contribution in [-0.4, -0.2) is 17.6 Å². The summed E-state index contributed by atoms with van der Waals surface area (Å²) in [5.41, 5.74) is 1.60. The molecule has 2 aromatic rings. The summed E-state index contributed by atoms with van der Waals surface area (Å²) in [5, 5.41) is 20.1. The van der Waals surface area contributed by atoms with Crippen LogP contribution in [0.3, 0.4) is 0 Å². The average Bonchev–Trinajstić information content (AvgIpc) is 3.02. The first-order valence-corrected chi connectivity index (χ1v) is 7.16. The van der Waals surface area contributed by atoms with Crippen molar-refractivity contribution in [1.29, 1.82) is 0 Å². The summed E-state index contributed by atoms with van der Waals surface area (Å²) >= 11 is 3.06. The number of thiophene rings is 2. The Bertz CT molecular complexity index is 451. The molecule has 2 N–H and O–H groups in total. The minimum Gasteiger partial charge on any atom is -0.388 e. The van der Waals surface area contributed by atoms with Gasteiger partial charge in [-0.3, -0.25) is 4.79 Å². The van der Waals surface area contributed by atoms with Crippen molar-refractivity contribution < 1.29 is 9.90 Å². The number of carbonyl (C=O) groups is 1. The zero-order chi connectivity index (χ0) is 12.1. The number of aliphatic hydroxyl groups is 1. The molecule has 0 aliphatic heterocycles. The zero-order valence-corrected chi connectivity index (χ0v) is 10.8. The number of rotatable bonds is 5. The molecule has 1 amide bonds. The summed E-state index contributed by atoms with van der Waals surface area (Å²) in [6.07, 6.45) is 0.0381. The molecule has 0 bridgehead atoms. The third kappa shape index (κ3) is 3.39. The highest BCUT2D eigenvalue weighted by Crippen LogP contribution is 2.18. The van der Waals surface area contributed by atoms with Gasteiger partial charge in [0.05, 0.1) is 6.10 Å². The van der Waals surface area contributed by atoms with E-state index in [1.807, 2.05) is 27.6 Å². The molecule has 0 fully saturated rings. The van der Waals surface area contributed by atoms with E-state index in [1.165, 1.54) is 11.3 Å². The van der Waals surface area contributed by atoms with Crippen LogP contribution in [0, 0.1) is 0 Å². The minimum absolute atomic E-state index is 0.0798. The molecular weight excluding hydrogens is 254 g/mol. The van der Waals surface area contributed by atoms with E-state index < -0.39 is 6.10 Å². The second kappa shape index (κ2) is 5.95. The van der Waals surface area contributed by atoms with Crippen molar-refractivity contribution in [2.75, 3.05) is 6.54 Å². The third-order valence-corrected chi connectivity index (χ3v) is 3.80. The Morgan fingerprint density at radius 2 is 2.06 bits per heavy atom. The van der Waals surface area contributed by atoms with Crippen molar-refractivity contribution in [2.45, 2.75) is 12.5 Å². The number of carbonyl (C=O) groups excluding carboxylic acids is 1. The van der Waals surface area contributed by atoms with Gasteiger partial charge in [-0.15, -0.1) is 0 Å². The van der Waals surface area contributed by atoms with Crippen LogP contribution < -0.4 is 5.32 Å². The van der Waals surface area contributed by atoms with E-state index in [9.17, 15) is 9.90 Å². The second-order valence-corrected chi connectivity index (χ2v) is 5.19. The van der Waals surface area contributed by atoms with Crippen molar-refractivity contribution >= 4 is 28.6 Å². The highest BCUT2D eigenvalue weighted by Gasteiger charge is 2.09. The lowest BCUT2D eigenvalue weighted by Gasteiger charge is -2.09. The summed E-state index contributed by atoms with van der Waals surface area (Å²) in [7, 11) is 0. The summed E-state index contributed by atoms with van der Waals surface area (Å²) in [6, 6.07) is 3.69. The van der Waals surface area contributed by atoms with Crippen molar-refractivity contribution in [3.05, 3.63) is 44.8 Å². The van der Waals surface area contributed by atoms with Gasteiger partial charge in [0.1, 0.15) is 0 Å². The maximum absolute atomic E-state index is 11.6. The fraction of sp³-hybridized carbons (Fsp3) is 0.250. The number of aliphatic hydroxyl groups excluding tert-OH is 1. The standard InChI is InChI=1S/C12H13NO2S2/c14-11(9-2-5-16-7-9)1-4-13-12(15)10-3-6-17-8-10/h2-3,5-8,11,14H,1,4H2,(H,13,15)/t11-/m1/s1. The molecule has 0 aliphatic carbocycles. The van der Waals surface area contributed by atoms with Gasteiger partial charge in [-0.25, -0.2) is 0 Å². The van der Waals surface area contributed by atoms with Crippen LogP contribution in [-0.2, 0) is 0 Å². The van der Waals surface area contributed by atoms with Crippen LogP contribution in [0.4, 0.5) is 0 Å². The molecule has 2 rings (SSSR count). The number of hydrogen-bond donors (Lipinski definition) is 2. The molecule has 0 unspecified atom stereocenters. The summed E-state index contributed by atoms with van der Waals surface area (Å²) in [4.78, 5) is 11.6. The van der Waals surface area contributed by atoms with Gasteiger partial charge in [-0.05, 0) is 40.3 Å². The van der Waals surface area contributed by atoms with Gasteiger partial charge < -0.3 is 10.4 Å². The molecule has 17 heavy (non-hydrogen) atoms. The van der Waals surface area contributed by atoms with E-state index in [-0.39, 0.29) is 5.91 Å². The first-order chi connectivity index (χ1) is 8.27. The molecule has 0 saturated heterocycles. The quantitative estimate of drug-likeness (QED) is 0.875. The van der Waals surface area contributed by atoms with Gasteiger partial charge >= 0.3 is 0 Å². The predicted molar refractivity (Wildman–Crippen MR) is 70.5 cm³/mol. The molecule has 0 radical (unpaired) electrons.